The van der Waals surface area contributed by atoms with E-state index in [9.17, 15) is 9.59 Å². The Balaban J connectivity index is 1.70. The molecular formula is C19H12Cl2N6O4. The normalized spacial score (nSPS) is 10.8. The van der Waals surface area contributed by atoms with Crippen molar-refractivity contribution >= 4 is 29.2 Å². The van der Waals surface area contributed by atoms with E-state index in [2.05, 4.69) is 25.5 Å². The van der Waals surface area contributed by atoms with E-state index in [4.69, 9.17) is 33.0 Å². The van der Waals surface area contributed by atoms with Gasteiger partial charge in [-0.1, -0.05) is 29.3 Å². The third kappa shape index (κ3) is 4.39. The Morgan fingerprint density at radius 1 is 1.19 bits per heavy atom. The minimum Gasteiger partial charge on any atom is -0.487 e. The van der Waals surface area contributed by atoms with Crippen LogP contribution in [-0.4, -0.2) is 41.3 Å². The number of benzene rings is 2. The molecular weight excluding hydrogens is 447 g/mol. The Kier molecular flexibility index (Phi) is 5.65. The lowest BCUT2D eigenvalue weighted by Crippen LogP contribution is -2.18. The molecule has 0 atom stereocenters. The molecule has 0 amide bonds. The minimum atomic E-state index is -1.36. The van der Waals surface area contributed by atoms with E-state index < -0.39 is 17.1 Å². The van der Waals surface area contributed by atoms with Crippen LogP contribution in [-0.2, 0) is 6.61 Å². The lowest BCUT2D eigenvalue weighted by atomic mass is 10.1. The first kappa shape index (κ1) is 20.5. The van der Waals surface area contributed by atoms with Crippen molar-refractivity contribution in [1.29, 1.82) is 0 Å². The SMILES string of the molecule is O=C(O)c1cnc(-c2ccc(OCc3ccc(Cl)cc3Cl)c(-n3cnnn3)c2)[nH]c1=O. The zero-order chi connectivity index (χ0) is 22.0. The molecule has 10 nitrogen and oxygen atoms in total. The van der Waals surface area contributed by atoms with Crippen molar-refractivity contribution < 1.29 is 14.6 Å². The summed E-state index contributed by atoms with van der Waals surface area (Å²) < 4.78 is 7.30. The number of rotatable bonds is 6. The van der Waals surface area contributed by atoms with Crippen LogP contribution >= 0.6 is 23.2 Å². The lowest BCUT2D eigenvalue weighted by molar-refractivity contribution is 0.0694. The molecule has 0 aliphatic carbocycles. The molecule has 2 aromatic carbocycles. The van der Waals surface area contributed by atoms with Gasteiger partial charge in [-0.2, -0.15) is 4.68 Å². The summed E-state index contributed by atoms with van der Waals surface area (Å²) in [6.45, 7) is 0.160. The average Bonchev–Trinajstić information content (AvgIpc) is 3.27. The van der Waals surface area contributed by atoms with Gasteiger partial charge in [0.25, 0.3) is 5.56 Å². The van der Waals surface area contributed by atoms with Gasteiger partial charge in [-0.3, -0.25) is 4.79 Å². The zero-order valence-corrected chi connectivity index (χ0v) is 17.0. The topological polar surface area (TPSA) is 136 Å². The molecule has 156 valence electrons. The largest absolute Gasteiger partial charge is 0.487 e. The number of aromatic carboxylic acids is 1. The molecule has 0 spiro atoms. The maximum absolute atomic E-state index is 12.0. The molecule has 0 bridgehead atoms. The Morgan fingerprint density at radius 3 is 2.71 bits per heavy atom. The third-order valence-corrected chi connectivity index (χ3v) is 4.84. The van der Waals surface area contributed by atoms with E-state index in [-0.39, 0.29) is 12.4 Å². The van der Waals surface area contributed by atoms with Gasteiger partial charge >= 0.3 is 5.97 Å². The van der Waals surface area contributed by atoms with Crippen LogP contribution in [0.2, 0.25) is 10.0 Å². The van der Waals surface area contributed by atoms with Crippen LogP contribution < -0.4 is 10.3 Å². The molecule has 0 saturated heterocycles. The Hall–Kier alpha value is -3.76. The Morgan fingerprint density at radius 2 is 2.03 bits per heavy atom. The molecule has 4 rings (SSSR count). The standard InChI is InChI=1S/C19H12Cl2N6O4/c20-12-3-1-11(14(21)6-12)8-31-16-4-2-10(5-15(16)27-9-23-25-26-27)17-22-7-13(19(29)30)18(28)24-17/h1-7,9H,8H2,(H,29,30)(H,22,24,28). The van der Waals surface area contributed by atoms with Crippen LogP contribution in [0.25, 0.3) is 17.1 Å². The van der Waals surface area contributed by atoms with E-state index in [0.29, 0.717) is 27.0 Å². The van der Waals surface area contributed by atoms with E-state index in [1.165, 1.54) is 11.0 Å². The second-order valence-electron chi connectivity index (χ2n) is 6.24. The molecule has 2 aromatic heterocycles. The number of hydrogen-bond acceptors (Lipinski definition) is 7. The molecule has 2 N–H and O–H groups in total. The minimum absolute atomic E-state index is 0.160. The fraction of sp³-hybridized carbons (Fsp3) is 0.0526. The number of carbonyl (C=O) groups is 1. The predicted molar refractivity (Wildman–Crippen MR) is 111 cm³/mol. The van der Waals surface area contributed by atoms with Crippen molar-refractivity contribution in [2.24, 2.45) is 0 Å². The summed E-state index contributed by atoms with van der Waals surface area (Å²) in [7, 11) is 0. The van der Waals surface area contributed by atoms with Crippen molar-refractivity contribution in [2.45, 2.75) is 6.61 Å². The number of tetrazole rings is 1. The van der Waals surface area contributed by atoms with Crippen LogP contribution in [0.4, 0.5) is 0 Å². The molecule has 31 heavy (non-hydrogen) atoms. The Bertz CT molecular complexity index is 1320. The quantitative estimate of drug-likeness (QED) is 0.449. The van der Waals surface area contributed by atoms with Crippen molar-refractivity contribution in [2.75, 3.05) is 0 Å². The predicted octanol–water partition coefficient (Wildman–Crippen LogP) is 3.00. The monoisotopic (exact) mass is 458 g/mol. The van der Waals surface area contributed by atoms with Gasteiger partial charge in [-0.05, 0) is 40.8 Å². The Labute approximate surface area is 184 Å². The smallest absolute Gasteiger partial charge is 0.342 e. The molecule has 4 aromatic rings. The fourth-order valence-electron chi connectivity index (χ4n) is 2.73. The van der Waals surface area contributed by atoms with Crippen molar-refractivity contribution in [3.05, 3.63) is 80.4 Å². The van der Waals surface area contributed by atoms with E-state index in [1.54, 1.807) is 36.4 Å². The van der Waals surface area contributed by atoms with Gasteiger partial charge in [0.2, 0.25) is 0 Å². The van der Waals surface area contributed by atoms with E-state index >= 15 is 0 Å². The van der Waals surface area contributed by atoms with Crippen LogP contribution in [0.1, 0.15) is 15.9 Å². The molecule has 0 aliphatic heterocycles. The van der Waals surface area contributed by atoms with E-state index in [0.717, 1.165) is 11.8 Å². The van der Waals surface area contributed by atoms with E-state index in [1.807, 2.05) is 0 Å². The van der Waals surface area contributed by atoms with Crippen LogP contribution in [0.3, 0.4) is 0 Å². The number of H-pyrrole nitrogens is 1. The number of ether oxygens (including phenoxy) is 1. The van der Waals surface area contributed by atoms with Crippen LogP contribution in [0.15, 0.2) is 53.7 Å². The summed E-state index contributed by atoms with van der Waals surface area (Å²) in [5.74, 6) is -0.748. The summed E-state index contributed by atoms with van der Waals surface area (Å²) >= 11 is 12.1. The average molecular weight is 459 g/mol. The van der Waals surface area contributed by atoms with Crippen molar-refractivity contribution in [3.63, 3.8) is 0 Å². The summed E-state index contributed by atoms with van der Waals surface area (Å²) in [5.41, 5.74) is 0.477. The third-order valence-electron chi connectivity index (χ3n) is 4.26. The number of carboxylic acids is 1. The molecule has 12 heteroatoms. The molecule has 0 fully saturated rings. The number of nitrogens with one attached hydrogen (secondary N) is 1. The highest BCUT2D eigenvalue weighted by molar-refractivity contribution is 6.35. The maximum atomic E-state index is 12.0. The molecule has 0 aliphatic rings. The number of nitrogens with zero attached hydrogens (tertiary/aromatic N) is 5. The van der Waals surface area contributed by atoms with Gasteiger partial charge in [0.15, 0.2) is 0 Å². The first-order valence-electron chi connectivity index (χ1n) is 8.69. The molecule has 2 heterocycles. The van der Waals surface area contributed by atoms with Gasteiger partial charge in [0.05, 0.1) is 0 Å². The zero-order valence-electron chi connectivity index (χ0n) is 15.5. The van der Waals surface area contributed by atoms with Crippen molar-refractivity contribution in [1.82, 2.24) is 30.2 Å². The molecule has 0 saturated carbocycles. The second kappa shape index (κ2) is 8.54. The highest BCUT2D eigenvalue weighted by atomic mass is 35.5. The highest BCUT2D eigenvalue weighted by Crippen LogP contribution is 2.29. The van der Waals surface area contributed by atoms with Gasteiger partial charge < -0.3 is 14.8 Å². The molecule has 0 radical (unpaired) electrons. The summed E-state index contributed by atoms with van der Waals surface area (Å²) in [6.07, 6.45) is 2.38. The summed E-state index contributed by atoms with van der Waals surface area (Å²) in [5, 5.41) is 21.1. The summed E-state index contributed by atoms with van der Waals surface area (Å²) in [4.78, 5) is 29.5. The lowest BCUT2D eigenvalue weighted by Gasteiger charge is -2.13. The maximum Gasteiger partial charge on any atom is 0.342 e. The first-order chi connectivity index (χ1) is 14.9. The number of halogens is 2. The van der Waals surface area contributed by atoms with Crippen LogP contribution in [0, 0.1) is 0 Å². The van der Waals surface area contributed by atoms with Crippen LogP contribution in [0.5, 0.6) is 5.75 Å². The van der Waals surface area contributed by atoms with Gasteiger partial charge in [0.1, 0.15) is 35.8 Å². The fourth-order valence-corrected chi connectivity index (χ4v) is 3.19. The van der Waals surface area contributed by atoms with Crippen molar-refractivity contribution in [3.8, 4) is 22.8 Å². The second-order valence-corrected chi connectivity index (χ2v) is 7.08. The first-order valence-corrected chi connectivity index (χ1v) is 9.45. The van der Waals surface area contributed by atoms with Gasteiger partial charge in [-0.25, -0.2) is 9.78 Å². The highest BCUT2D eigenvalue weighted by Gasteiger charge is 2.15. The van der Waals surface area contributed by atoms with Gasteiger partial charge in [0, 0.05) is 27.4 Å². The molecule has 0 unspecified atom stereocenters. The van der Waals surface area contributed by atoms with Gasteiger partial charge in [-0.15, -0.1) is 5.10 Å². The number of hydrogen-bond donors (Lipinski definition) is 2. The number of aromatic amines is 1. The summed E-state index contributed by atoms with van der Waals surface area (Å²) in [6, 6.07) is 10.0. The number of aromatic nitrogens is 6. The number of carboxylic acid groups (broad SMARTS) is 1.